The molecule has 1 aromatic rings. The molecule has 2 aliphatic heterocycles. The number of hydrogen-bond donors (Lipinski definition) is 2. The number of rotatable bonds is 4. The molecule has 4 atom stereocenters. The Morgan fingerprint density at radius 1 is 1.35 bits per heavy atom. The highest BCUT2D eigenvalue weighted by Crippen LogP contribution is 2.43. The van der Waals surface area contributed by atoms with Gasteiger partial charge in [0.15, 0.2) is 0 Å². The van der Waals surface area contributed by atoms with Gasteiger partial charge in [-0.2, -0.15) is 0 Å². The van der Waals surface area contributed by atoms with Crippen LogP contribution in [0.25, 0.3) is 0 Å². The van der Waals surface area contributed by atoms with E-state index < -0.39 is 0 Å². The molecular weight excluding hydrogens is 330 g/mol. The van der Waals surface area contributed by atoms with Crippen LogP contribution >= 0.6 is 0 Å². The summed E-state index contributed by atoms with van der Waals surface area (Å²) in [6, 6.07) is 7.72. The van der Waals surface area contributed by atoms with Gasteiger partial charge in [0, 0.05) is 37.5 Å². The zero-order chi connectivity index (χ0) is 18.3. The van der Waals surface area contributed by atoms with Crippen LogP contribution in [0.15, 0.2) is 36.9 Å². The van der Waals surface area contributed by atoms with Crippen LogP contribution in [-0.4, -0.2) is 41.1 Å². The molecule has 26 heavy (non-hydrogen) atoms. The molecule has 1 aliphatic carbocycles. The SMILES string of the molecule is C=C[C@@H]1C[C@@]1(C)NC(=O)[C@@H]1C[C@@H](OC(=O)N2Cc3ccccc3C2)CN1. The predicted octanol–water partition coefficient (Wildman–Crippen LogP) is 1.95. The Hall–Kier alpha value is -2.34. The van der Waals surface area contributed by atoms with Crippen LogP contribution in [0, 0.1) is 5.92 Å². The van der Waals surface area contributed by atoms with E-state index in [9.17, 15) is 9.59 Å². The van der Waals surface area contributed by atoms with Crippen molar-refractivity contribution in [3.63, 3.8) is 0 Å². The van der Waals surface area contributed by atoms with Gasteiger partial charge in [-0.25, -0.2) is 4.79 Å². The molecule has 0 spiro atoms. The molecule has 4 rings (SSSR count). The molecule has 2 heterocycles. The molecule has 1 saturated heterocycles. The molecule has 1 saturated carbocycles. The molecule has 0 unspecified atom stereocenters. The Kier molecular flexibility index (Phi) is 4.23. The van der Waals surface area contributed by atoms with Crippen LogP contribution < -0.4 is 10.6 Å². The van der Waals surface area contributed by atoms with Gasteiger partial charge in [-0.15, -0.1) is 6.58 Å². The molecule has 2 amide bonds. The first-order valence-corrected chi connectivity index (χ1v) is 9.19. The maximum absolute atomic E-state index is 12.4. The Labute approximate surface area is 153 Å². The topological polar surface area (TPSA) is 70.7 Å². The van der Waals surface area contributed by atoms with Gasteiger partial charge in [-0.3, -0.25) is 9.69 Å². The van der Waals surface area contributed by atoms with Crippen molar-refractivity contribution in [3.05, 3.63) is 48.0 Å². The molecule has 0 bridgehead atoms. The standard InChI is InChI=1S/C20H25N3O3/c1-3-15-9-20(15,2)22-18(24)17-8-16(10-21-17)26-19(25)23-11-13-6-4-5-7-14(13)12-23/h3-7,15-17,21H,1,8-12H2,2H3,(H,22,24)/t15-,16-,17+,20-/m1/s1. The number of fused-ring (bicyclic) bond motifs is 1. The van der Waals surface area contributed by atoms with Gasteiger partial charge in [0.2, 0.25) is 5.91 Å². The number of nitrogens with one attached hydrogen (secondary N) is 2. The molecule has 138 valence electrons. The van der Waals surface area contributed by atoms with E-state index >= 15 is 0 Å². The number of hydrogen-bond acceptors (Lipinski definition) is 4. The third-order valence-corrected chi connectivity index (χ3v) is 5.77. The van der Waals surface area contributed by atoms with Crippen molar-refractivity contribution in [2.45, 2.75) is 50.5 Å². The largest absolute Gasteiger partial charge is 0.445 e. The average Bonchev–Trinajstić information content (AvgIpc) is 2.99. The summed E-state index contributed by atoms with van der Waals surface area (Å²) in [5, 5.41) is 6.26. The maximum Gasteiger partial charge on any atom is 0.410 e. The molecule has 6 nitrogen and oxygen atoms in total. The van der Waals surface area contributed by atoms with Crippen molar-refractivity contribution in [2.24, 2.45) is 5.92 Å². The summed E-state index contributed by atoms with van der Waals surface area (Å²) >= 11 is 0. The highest BCUT2D eigenvalue weighted by atomic mass is 16.6. The summed E-state index contributed by atoms with van der Waals surface area (Å²) in [4.78, 5) is 26.6. The number of carbonyl (C=O) groups is 2. The third-order valence-electron chi connectivity index (χ3n) is 5.77. The van der Waals surface area contributed by atoms with Gasteiger partial charge in [-0.1, -0.05) is 30.3 Å². The Morgan fingerprint density at radius 3 is 2.65 bits per heavy atom. The highest BCUT2D eigenvalue weighted by Gasteiger charge is 2.50. The second-order valence-electron chi connectivity index (χ2n) is 7.78. The van der Waals surface area contributed by atoms with E-state index in [1.165, 1.54) is 11.1 Å². The van der Waals surface area contributed by atoms with Crippen molar-refractivity contribution in [2.75, 3.05) is 6.54 Å². The normalized spacial score (nSPS) is 32.0. The third kappa shape index (κ3) is 3.21. The molecule has 0 radical (unpaired) electrons. The minimum absolute atomic E-state index is 0.0241. The first-order chi connectivity index (χ1) is 12.5. The van der Waals surface area contributed by atoms with E-state index in [1.807, 2.05) is 37.3 Å². The number of carbonyl (C=O) groups excluding carboxylic acids is 2. The van der Waals surface area contributed by atoms with Gasteiger partial charge in [0.25, 0.3) is 0 Å². The fourth-order valence-corrected chi connectivity index (χ4v) is 3.93. The van der Waals surface area contributed by atoms with E-state index in [0.29, 0.717) is 32.0 Å². The smallest absolute Gasteiger partial charge is 0.410 e. The summed E-state index contributed by atoms with van der Waals surface area (Å²) in [6.07, 6.45) is 2.75. The lowest BCUT2D eigenvalue weighted by atomic mass is 10.1. The summed E-state index contributed by atoms with van der Waals surface area (Å²) in [7, 11) is 0. The number of benzene rings is 1. The van der Waals surface area contributed by atoms with Crippen LogP contribution in [0.3, 0.4) is 0 Å². The van der Waals surface area contributed by atoms with Gasteiger partial charge < -0.3 is 15.4 Å². The quantitative estimate of drug-likeness (QED) is 0.810. The summed E-state index contributed by atoms with van der Waals surface area (Å²) in [5.74, 6) is 0.322. The molecule has 2 N–H and O–H groups in total. The van der Waals surface area contributed by atoms with E-state index in [2.05, 4.69) is 17.2 Å². The Morgan fingerprint density at radius 2 is 2.04 bits per heavy atom. The summed E-state index contributed by atoms with van der Waals surface area (Å²) in [5.41, 5.74) is 2.16. The number of amides is 2. The van der Waals surface area contributed by atoms with Crippen LogP contribution in [0.2, 0.25) is 0 Å². The molecule has 2 fully saturated rings. The number of nitrogens with zero attached hydrogens (tertiary/aromatic N) is 1. The van der Waals surface area contributed by atoms with E-state index in [-0.39, 0.29) is 29.7 Å². The monoisotopic (exact) mass is 355 g/mol. The lowest BCUT2D eigenvalue weighted by Crippen LogP contribution is -2.46. The van der Waals surface area contributed by atoms with Crippen LogP contribution in [0.4, 0.5) is 4.79 Å². The van der Waals surface area contributed by atoms with Crippen molar-refractivity contribution in [1.29, 1.82) is 0 Å². The minimum atomic E-state index is -0.313. The van der Waals surface area contributed by atoms with Crippen molar-refractivity contribution < 1.29 is 14.3 Å². The van der Waals surface area contributed by atoms with E-state index in [1.54, 1.807) is 4.90 Å². The number of ether oxygens (including phenoxy) is 1. The Balaban J connectivity index is 1.26. The summed E-state index contributed by atoms with van der Waals surface area (Å²) < 4.78 is 5.62. The molecule has 3 aliphatic rings. The lowest BCUT2D eigenvalue weighted by molar-refractivity contribution is -0.123. The average molecular weight is 355 g/mol. The van der Waals surface area contributed by atoms with Gasteiger partial charge in [0.05, 0.1) is 6.04 Å². The predicted molar refractivity (Wildman–Crippen MR) is 97.2 cm³/mol. The molecule has 6 heteroatoms. The second-order valence-corrected chi connectivity index (χ2v) is 7.78. The Bertz CT molecular complexity index is 725. The van der Waals surface area contributed by atoms with Gasteiger partial charge in [0.1, 0.15) is 6.10 Å². The minimum Gasteiger partial charge on any atom is -0.445 e. The molecule has 0 aromatic heterocycles. The molecular formula is C20H25N3O3. The van der Waals surface area contributed by atoms with Crippen molar-refractivity contribution in [1.82, 2.24) is 15.5 Å². The van der Waals surface area contributed by atoms with Crippen molar-refractivity contribution >= 4 is 12.0 Å². The fourth-order valence-electron chi connectivity index (χ4n) is 3.93. The molecule has 1 aromatic carbocycles. The first-order valence-electron chi connectivity index (χ1n) is 9.19. The second kappa shape index (κ2) is 6.43. The van der Waals surface area contributed by atoms with Gasteiger partial charge in [-0.05, 0) is 24.5 Å². The zero-order valence-electron chi connectivity index (χ0n) is 15.0. The van der Waals surface area contributed by atoms with Crippen molar-refractivity contribution in [3.8, 4) is 0 Å². The van der Waals surface area contributed by atoms with Gasteiger partial charge >= 0.3 is 6.09 Å². The fraction of sp³-hybridized carbons (Fsp3) is 0.500. The lowest BCUT2D eigenvalue weighted by Gasteiger charge is -2.19. The van der Waals surface area contributed by atoms with Crippen LogP contribution in [0.1, 0.15) is 30.9 Å². The first kappa shape index (κ1) is 17.1. The van der Waals surface area contributed by atoms with E-state index in [0.717, 1.165) is 6.42 Å². The maximum atomic E-state index is 12.4. The highest BCUT2D eigenvalue weighted by molar-refractivity contribution is 5.83. The van der Waals surface area contributed by atoms with E-state index in [4.69, 9.17) is 4.74 Å². The van der Waals surface area contributed by atoms with Crippen LogP contribution in [0.5, 0.6) is 0 Å². The van der Waals surface area contributed by atoms with Crippen LogP contribution in [-0.2, 0) is 22.6 Å². The summed E-state index contributed by atoms with van der Waals surface area (Å²) in [6.45, 7) is 7.50. The zero-order valence-corrected chi connectivity index (χ0v) is 15.0.